The second-order valence-corrected chi connectivity index (χ2v) is 7.49. The van der Waals surface area contributed by atoms with Gasteiger partial charge in [-0.05, 0) is 23.9 Å². The third kappa shape index (κ3) is 3.66. The minimum atomic E-state index is -4.45. The van der Waals surface area contributed by atoms with Crippen LogP contribution < -0.4 is 9.80 Å². The maximum absolute atomic E-state index is 12.8. The van der Waals surface area contributed by atoms with Gasteiger partial charge in [0.15, 0.2) is 0 Å². The van der Waals surface area contributed by atoms with E-state index >= 15 is 0 Å². The van der Waals surface area contributed by atoms with Crippen LogP contribution in [0.1, 0.15) is 12.0 Å². The second kappa shape index (κ2) is 7.12. The van der Waals surface area contributed by atoms with E-state index in [1.165, 1.54) is 0 Å². The third-order valence-corrected chi connectivity index (χ3v) is 5.58. The Labute approximate surface area is 162 Å². The number of hydrogen-bond donors (Lipinski definition) is 0. The predicted molar refractivity (Wildman–Crippen MR) is 101 cm³/mol. The van der Waals surface area contributed by atoms with Gasteiger partial charge in [-0.15, -0.1) is 11.3 Å². The lowest BCUT2D eigenvalue weighted by molar-refractivity contribution is -0.137. The maximum atomic E-state index is 12.8. The SMILES string of the molecule is FC(F)(F)c1cnc(N2CCCN(c3ncnc4sccc34)CC2)c(Cl)c1. The van der Waals surface area contributed by atoms with Crippen molar-refractivity contribution >= 4 is 44.8 Å². The average molecular weight is 414 g/mol. The molecule has 0 N–H and O–H groups in total. The van der Waals surface area contributed by atoms with Gasteiger partial charge in [-0.1, -0.05) is 11.6 Å². The maximum Gasteiger partial charge on any atom is 0.417 e. The molecule has 0 unspecified atom stereocenters. The fraction of sp³-hybridized carbons (Fsp3) is 0.353. The number of pyridine rings is 1. The summed E-state index contributed by atoms with van der Waals surface area (Å²) in [6.07, 6.45) is -1.24. The quantitative estimate of drug-likeness (QED) is 0.620. The first-order chi connectivity index (χ1) is 12.9. The number of rotatable bonds is 2. The third-order valence-electron chi connectivity index (χ3n) is 4.48. The van der Waals surface area contributed by atoms with Crippen molar-refractivity contribution in [2.24, 2.45) is 0 Å². The lowest BCUT2D eigenvalue weighted by Crippen LogP contribution is -2.32. The van der Waals surface area contributed by atoms with Crippen LogP contribution in [0.4, 0.5) is 24.8 Å². The molecule has 4 heterocycles. The zero-order chi connectivity index (χ0) is 19.0. The van der Waals surface area contributed by atoms with Crippen molar-refractivity contribution in [3.8, 4) is 0 Å². The number of fused-ring (bicyclic) bond motifs is 1. The van der Waals surface area contributed by atoms with Crippen molar-refractivity contribution in [1.82, 2.24) is 15.0 Å². The van der Waals surface area contributed by atoms with Gasteiger partial charge < -0.3 is 9.80 Å². The molecule has 0 bridgehead atoms. The van der Waals surface area contributed by atoms with Gasteiger partial charge in [0.25, 0.3) is 0 Å². The Morgan fingerprint density at radius 2 is 1.74 bits per heavy atom. The molecule has 3 aromatic heterocycles. The van der Waals surface area contributed by atoms with Crippen molar-refractivity contribution < 1.29 is 13.2 Å². The van der Waals surface area contributed by atoms with Crippen LogP contribution in [0.5, 0.6) is 0 Å². The monoisotopic (exact) mass is 413 g/mol. The molecule has 1 aliphatic rings. The topological polar surface area (TPSA) is 45.2 Å². The van der Waals surface area contributed by atoms with Crippen LogP contribution >= 0.6 is 22.9 Å². The zero-order valence-electron chi connectivity index (χ0n) is 14.1. The number of alkyl halides is 3. The Morgan fingerprint density at radius 1 is 1.00 bits per heavy atom. The highest BCUT2D eigenvalue weighted by Gasteiger charge is 2.32. The Morgan fingerprint density at radius 3 is 2.44 bits per heavy atom. The minimum Gasteiger partial charge on any atom is -0.354 e. The Bertz CT molecular complexity index is 961. The Balaban J connectivity index is 1.55. The van der Waals surface area contributed by atoms with Crippen LogP contribution in [0.15, 0.2) is 30.0 Å². The number of anilines is 2. The first-order valence-corrected chi connectivity index (χ1v) is 9.60. The summed E-state index contributed by atoms with van der Waals surface area (Å²) in [5.41, 5.74) is -0.839. The molecule has 27 heavy (non-hydrogen) atoms. The highest BCUT2D eigenvalue weighted by Crippen LogP contribution is 2.34. The van der Waals surface area contributed by atoms with Gasteiger partial charge in [0.05, 0.1) is 16.0 Å². The van der Waals surface area contributed by atoms with E-state index in [-0.39, 0.29) is 5.02 Å². The van der Waals surface area contributed by atoms with Gasteiger partial charge in [-0.25, -0.2) is 15.0 Å². The van der Waals surface area contributed by atoms with E-state index in [4.69, 9.17) is 11.6 Å². The zero-order valence-corrected chi connectivity index (χ0v) is 15.7. The van der Waals surface area contributed by atoms with E-state index in [1.807, 2.05) is 16.3 Å². The standard InChI is InChI=1S/C17H15ClF3N5S/c18-13-8-11(17(19,20)21)9-22-15(13)26-4-1-3-25(5-6-26)14-12-2-7-27-16(12)24-10-23-14/h2,7-10H,1,3-6H2. The molecule has 0 amide bonds. The molecule has 142 valence electrons. The highest BCUT2D eigenvalue weighted by atomic mass is 35.5. The fourth-order valence-electron chi connectivity index (χ4n) is 3.19. The Hall–Kier alpha value is -2.13. The van der Waals surface area contributed by atoms with Gasteiger partial charge in [-0.2, -0.15) is 13.2 Å². The van der Waals surface area contributed by atoms with Crippen molar-refractivity contribution in [2.45, 2.75) is 12.6 Å². The Kier molecular flexibility index (Phi) is 4.81. The molecule has 0 atom stereocenters. The van der Waals surface area contributed by atoms with Crippen molar-refractivity contribution in [2.75, 3.05) is 36.0 Å². The minimum absolute atomic E-state index is 0.0144. The molecule has 10 heteroatoms. The first-order valence-electron chi connectivity index (χ1n) is 8.34. The predicted octanol–water partition coefficient (Wildman–Crippen LogP) is 4.48. The van der Waals surface area contributed by atoms with Crippen LogP contribution in [0, 0.1) is 0 Å². The second-order valence-electron chi connectivity index (χ2n) is 6.19. The molecular weight excluding hydrogens is 399 g/mol. The van der Waals surface area contributed by atoms with Crippen LogP contribution in [0.2, 0.25) is 5.02 Å². The van der Waals surface area contributed by atoms with E-state index in [2.05, 4.69) is 19.9 Å². The number of halogens is 4. The lowest BCUT2D eigenvalue weighted by Gasteiger charge is -2.24. The molecule has 1 fully saturated rings. The van der Waals surface area contributed by atoms with E-state index in [9.17, 15) is 13.2 Å². The molecule has 0 aliphatic carbocycles. The van der Waals surface area contributed by atoms with Gasteiger partial charge in [0, 0.05) is 32.4 Å². The summed E-state index contributed by atoms with van der Waals surface area (Å²) in [6.45, 7) is 2.71. The van der Waals surface area contributed by atoms with E-state index < -0.39 is 11.7 Å². The average Bonchev–Trinajstić information content (AvgIpc) is 2.98. The van der Waals surface area contributed by atoms with Gasteiger partial charge in [-0.3, -0.25) is 0 Å². The first kappa shape index (κ1) is 18.2. The normalized spacial score (nSPS) is 16.0. The van der Waals surface area contributed by atoms with Crippen molar-refractivity contribution in [3.05, 3.63) is 40.6 Å². The summed E-state index contributed by atoms with van der Waals surface area (Å²) >= 11 is 7.67. The molecule has 0 spiro atoms. The summed E-state index contributed by atoms with van der Waals surface area (Å²) < 4.78 is 38.5. The number of aromatic nitrogens is 3. The lowest BCUT2D eigenvalue weighted by atomic mass is 10.2. The van der Waals surface area contributed by atoms with E-state index in [0.29, 0.717) is 25.5 Å². The molecule has 0 aromatic carbocycles. The molecule has 3 aromatic rings. The van der Waals surface area contributed by atoms with Crippen LogP contribution in [0.3, 0.4) is 0 Å². The molecular formula is C17H15ClF3N5S. The molecule has 1 aliphatic heterocycles. The van der Waals surface area contributed by atoms with Crippen molar-refractivity contribution in [3.63, 3.8) is 0 Å². The van der Waals surface area contributed by atoms with Crippen LogP contribution in [0.25, 0.3) is 10.2 Å². The molecule has 4 rings (SSSR count). The smallest absolute Gasteiger partial charge is 0.354 e. The van der Waals surface area contributed by atoms with Crippen LogP contribution in [-0.4, -0.2) is 41.1 Å². The number of hydrogen-bond acceptors (Lipinski definition) is 6. The summed E-state index contributed by atoms with van der Waals surface area (Å²) in [5, 5.41) is 3.01. The number of thiophene rings is 1. The highest BCUT2D eigenvalue weighted by molar-refractivity contribution is 7.16. The molecule has 5 nitrogen and oxygen atoms in total. The summed E-state index contributed by atoms with van der Waals surface area (Å²) in [5.74, 6) is 1.27. The largest absolute Gasteiger partial charge is 0.417 e. The van der Waals surface area contributed by atoms with E-state index in [0.717, 1.165) is 41.3 Å². The summed E-state index contributed by atoms with van der Waals surface area (Å²) in [4.78, 5) is 17.7. The van der Waals surface area contributed by atoms with Crippen LogP contribution in [-0.2, 0) is 6.18 Å². The molecule has 1 saturated heterocycles. The van der Waals surface area contributed by atoms with Gasteiger partial charge in [0.1, 0.15) is 22.8 Å². The summed E-state index contributed by atoms with van der Waals surface area (Å²) in [6, 6.07) is 2.94. The molecule has 0 saturated carbocycles. The summed E-state index contributed by atoms with van der Waals surface area (Å²) in [7, 11) is 0. The number of nitrogens with zero attached hydrogens (tertiary/aromatic N) is 5. The van der Waals surface area contributed by atoms with E-state index in [1.54, 1.807) is 17.7 Å². The van der Waals surface area contributed by atoms with Crippen molar-refractivity contribution in [1.29, 1.82) is 0 Å². The fourth-order valence-corrected chi connectivity index (χ4v) is 4.20. The molecule has 0 radical (unpaired) electrons. The van der Waals surface area contributed by atoms with Gasteiger partial charge >= 0.3 is 6.18 Å². The van der Waals surface area contributed by atoms with Gasteiger partial charge in [0.2, 0.25) is 0 Å².